The summed E-state index contributed by atoms with van der Waals surface area (Å²) in [6, 6.07) is 13.7. The van der Waals surface area contributed by atoms with E-state index in [0.717, 1.165) is 48.1 Å². The van der Waals surface area contributed by atoms with Gasteiger partial charge < -0.3 is 10.6 Å². The normalized spacial score (nSPS) is 11.2. The maximum absolute atomic E-state index is 12.3. The van der Waals surface area contributed by atoms with E-state index in [0.29, 0.717) is 16.5 Å². The van der Waals surface area contributed by atoms with Gasteiger partial charge in [0.15, 0.2) is 9.84 Å². The van der Waals surface area contributed by atoms with Crippen molar-refractivity contribution in [2.75, 3.05) is 16.9 Å². The first-order chi connectivity index (χ1) is 18.7. The van der Waals surface area contributed by atoms with Crippen molar-refractivity contribution >= 4 is 43.9 Å². The number of hydrogen-bond acceptors (Lipinski definition) is 9. The fourth-order valence-corrected chi connectivity index (χ4v) is 5.16. The van der Waals surface area contributed by atoms with Gasteiger partial charge in [-0.25, -0.2) is 13.4 Å². The van der Waals surface area contributed by atoms with Crippen molar-refractivity contribution < 1.29 is 18.0 Å². The predicted octanol–water partition coefficient (Wildman–Crippen LogP) is 3.66. The third kappa shape index (κ3) is 9.04. The number of nitrogens with zero attached hydrogens (tertiary/aromatic N) is 4. The molecule has 0 unspecified atom stereocenters. The second-order valence-corrected chi connectivity index (χ2v) is 12.1. The number of aryl methyl sites for hydroxylation is 2. The first-order valence-electron chi connectivity index (χ1n) is 12.3. The minimum Gasteiger partial charge on any atom is -0.310 e. The quantitative estimate of drug-likeness (QED) is 0.248. The van der Waals surface area contributed by atoms with E-state index in [1.807, 2.05) is 12.1 Å². The first kappa shape index (κ1) is 28.0. The van der Waals surface area contributed by atoms with Crippen LogP contribution in [-0.2, 0) is 45.1 Å². The number of aromatic nitrogens is 4. The minimum atomic E-state index is -3.27. The van der Waals surface area contributed by atoms with Crippen LogP contribution in [0.1, 0.15) is 34.5 Å². The highest BCUT2D eigenvalue weighted by Crippen LogP contribution is 2.19. The zero-order chi connectivity index (χ0) is 27.7. The van der Waals surface area contributed by atoms with Crippen molar-refractivity contribution in [3.8, 4) is 0 Å². The number of benzene rings is 1. The average Bonchev–Trinajstić information content (AvgIpc) is 3.34. The van der Waals surface area contributed by atoms with E-state index >= 15 is 0 Å². The Hall–Kier alpha value is -4.03. The SMILES string of the molecule is CS(=O)(=O)c1ccc(CC(=O)Nc2nnc(CCCCc3ccc(NC(=O)Cc4cccnc4)nc3)s2)cc1. The molecular formula is C27H28N6O4S2. The molecule has 4 rings (SSSR count). The van der Waals surface area contributed by atoms with Crippen LogP contribution in [-0.4, -0.2) is 46.7 Å². The van der Waals surface area contributed by atoms with Crippen LogP contribution < -0.4 is 10.6 Å². The molecule has 0 atom stereocenters. The number of unbranched alkanes of at least 4 members (excludes halogenated alkanes) is 1. The standard InChI is InChI=1S/C27H28N6O4S2/c1-39(36,37)22-11-8-19(9-12-22)15-25(35)31-27-33-32-26(38-27)7-3-2-5-20-10-13-23(29-18-20)30-24(34)16-21-6-4-14-28-17-21/h4,6,8-14,17-18H,2-3,5,7,15-16H2,1H3,(H,29,30,34)(H,31,33,35). The summed E-state index contributed by atoms with van der Waals surface area (Å²) in [5.41, 5.74) is 2.63. The van der Waals surface area contributed by atoms with Gasteiger partial charge in [0.25, 0.3) is 0 Å². The number of amides is 2. The minimum absolute atomic E-state index is 0.111. The summed E-state index contributed by atoms with van der Waals surface area (Å²) in [5, 5.41) is 15.0. The molecule has 2 N–H and O–H groups in total. The van der Waals surface area contributed by atoms with E-state index in [1.165, 1.54) is 23.5 Å². The molecule has 10 nitrogen and oxygen atoms in total. The molecule has 202 valence electrons. The van der Waals surface area contributed by atoms with Crippen LogP contribution in [0.4, 0.5) is 10.9 Å². The molecule has 4 aromatic rings. The van der Waals surface area contributed by atoms with E-state index in [4.69, 9.17) is 0 Å². The maximum atomic E-state index is 12.3. The summed E-state index contributed by atoms with van der Waals surface area (Å²) in [4.78, 5) is 33.1. The lowest BCUT2D eigenvalue weighted by Gasteiger charge is -2.06. The van der Waals surface area contributed by atoms with E-state index < -0.39 is 9.84 Å². The molecule has 0 radical (unpaired) electrons. The monoisotopic (exact) mass is 564 g/mol. The highest BCUT2D eigenvalue weighted by molar-refractivity contribution is 7.90. The van der Waals surface area contributed by atoms with Gasteiger partial charge in [0.1, 0.15) is 10.8 Å². The molecule has 0 aliphatic heterocycles. The molecular weight excluding hydrogens is 536 g/mol. The van der Waals surface area contributed by atoms with Gasteiger partial charge in [-0.3, -0.25) is 14.6 Å². The summed E-state index contributed by atoms with van der Waals surface area (Å²) in [5.74, 6) is 0.134. The van der Waals surface area contributed by atoms with Crippen molar-refractivity contribution in [3.05, 3.63) is 88.8 Å². The first-order valence-corrected chi connectivity index (χ1v) is 15.0. The molecule has 0 fully saturated rings. The van der Waals surface area contributed by atoms with Crippen LogP contribution in [0.25, 0.3) is 0 Å². The number of pyridine rings is 2. The van der Waals surface area contributed by atoms with E-state index in [9.17, 15) is 18.0 Å². The Bertz CT molecular complexity index is 1510. The van der Waals surface area contributed by atoms with Crippen LogP contribution in [0.15, 0.2) is 72.0 Å². The smallest absolute Gasteiger partial charge is 0.230 e. The Labute approximate surface area is 230 Å². The van der Waals surface area contributed by atoms with Crippen molar-refractivity contribution in [2.45, 2.75) is 43.4 Å². The van der Waals surface area contributed by atoms with Gasteiger partial charge in [-0.05, 0) is 60.2 Å². The number of carbonyl (C=O) groups excluding carboxylic acids is 2. The molecule has 1 aromatic carbocycles. The number of rotatable bonds is 12. The van der Waals surface area contributed by atoms with Crippen molar-refractivity contribution in [1.29, 1.82) is 0 Å². The van der Waals surface area contributed by atoms with Gasteiger partial charge in [-0.15, -0.1) is 10.2 Å². The average molecular weight is 565 g/mol. The fourth-order valence-electron chi connectivity index (χ4n) is 3.74. The third-order valence-corrected chi connectivity index (χ3v) is 7.74. The van der Waals surface area contributed by atoms with Gasteiger partial charge in [0.05, 0.1) is 17.7 Å². The molecule has 3 heterocycles. The summed E-state index contributed by atoms with van der Waals surface area (Å²) in [6.07, 6.45) is 10.0. The van der Waals surface area contributed by atoms with Crippen LogP contribution in [0, 0.1) is 0 Å². The zero-order valence-electron chi connectivity index (χ0n) is 21.3. The number of carbonyl (C=O) groups is 2. The van der Waals surface area contributed by atoms with Gasteiger partial charge in [-0.1, -0.05) is 35.6 Å². The molecule has 2 amide bonds. The molecule has 0 saturated carbocycles. The van der Waals surface area contributed by atoms with E-state index in [-0.39, 0.29) is 29.6 Å². The van der Waals surface area contributed by atoms with Gasteiger partial charge >= 0.3 is 0 Å². The summed E-state index contributed by atoms with van der Waals surface area (Å²) >= 11 is 1.34. The molecule has 0 spiro atoms. The molecule has 12 heteroatoms. The lowest BCUT2D eigenvalue weighted by atomic mass is 10.1. The Morgan fingerprint density at radius 1 is 0.821 bits per heavy atom. The number of nitrogens with one attached hydrogen (secondary N) is 2. The Morgan fingerprint density at radius 3 is 2.23 bits per heavy atom. The molecule has 39 heavy (non-hydrogen) atoms. The second kappa shape index (κ2) is 13.2. The van der Waals surface area contributed by atoms with Crippen molar-refractivity contribution in [1.82, 2.24) is 20.2 Å². The van der Waals surface area contributed by atoms with Crippen molar-refractivity contribution in [2.24, 2.45) is 0 Å². The van der Waals surface area contributed by atoms with Crippen LogP contribution in [0.5, 0.6) is 0 Å². The maximum Gasteiger partial charge on any atom is 0.230 e. The Morgan fingerprint density at radius 2 is 1.54 bits per heavy atom. The van der Waals surface area contributed by atoms with Gasteiger partial charge in [-0.2, -0.15) is 0 Å². The third-order valence-electron chi connectivity index (χ3n) is 5.72. The predicted molar refractivity (Wildman–Crippen MR) is 149 cm³/mol. The fraction of sp³-hybridized carbons (Fsp3) is 0.259. The summed E-state index contributed by atoms with van der Waals surface area (Å²) in [7, 11) is -3.27. The van der Waals surface area contributed by atoms with E-state index in [2.05, 4.69) is 30.8 Å². The zero-order valence-corrected chi connectivity index (χ0v) is 23.0. The van der Waals surface area contributed by atoms with Crippen LogP contribution >= 0.6 is 11.3 Å². The summed E-state index contributed by atoms with van der Waals surface area (Å²) in [6.45, 7) is 0. The van der Waals surface area contributed by atoms with Gasteiger partial charge in [0.2, 0.25) is 16.9 Å². The van der Waals surface area contributed by atoms with E-state index in [1.54, 1.807) is 42.9 Å². The number of anilines is 2. The van der Waals surface area contributed by atoms with Crippen molar-refractivity contribution in [3.63, 3.8) is 0 Å². The lowest BCUT2D eigenvalue weighted by molar-refractivity contribution is -0.116. The number of hydrogen-bond donors (Lipinski definition) is 2. The molecule has 0 aliphatic rings. The second-order valence-electron chi connectivity index (χ2n) is 8.99. The lowest BCUT2D eigenvalue weighted by Crippen LogP contribution is -2.15. The number of sulfone groups is 1. The molecule has 0 aliphatic carbocycles. The highest BCUT2D eigenvalue weighted by Gasteiger charge is 2.11. The highest BCUT2D eigenvalue weighted by atomic mass is 32.2. The van der Waals surface area contributed by atoms with Gasteiger partial charge in [0, 0.05) is 31.3 Å². The molecule has 3 aromatic heterocycles. The molecule has 0 bridgehead atoms. The van der Waals surface area contributed by atoms with Crippen LogP contribution in [0.2, 0.25) is 0 Å². The molecule has 0 saturated heterocycles. The van der Waals surface area contributed by atoms with Crippen LogP contribution in [0.3, 0.4) is 0 Å². The Balaban J connectivity index is 1.15. The Kier molecular flexibility index (Phi) is 9.45. The summed E-state index contributed by atoms with van der Waals surface area (Å²) < 4.78 is 23.1. The largest absolute Gasteiger partial charge is 0.310 e. The topological polar surface area (TPSA) is 144 Å².